The van der Waals surface area contributed by atoms with Crippen LogP contribution in [0.2, 0.25) is 0 Å². The van der Waals surface area contributed by atoms with Crippen molar-refractivity contribution >= 4 is 0 Å². The molecule has 19 heavy (non-hydrogen) atoms. The summed E-state index contributed by atoms with van der Waals surface area (Å²) in [5.41, 5.74) is 2.99. The number of unbranched alkanes of at least 4 members (excludes halogenated alkanes) is 1. The molecule has 2 aromatic rings. The summed E-state index contributed by atoms with van der Waals surface area (Å²) in [6, 6.07) is 6.56. The maximum absolute atomic E-state index is 5.83. The van der Waals surface area contributed by atoms with Crippen LogP contribution in [0, 0.1) is 0 Å². The zero-order valence-corrected chi connectivity index (χ0v) is 11.2. The summed E-state index contributed by atoms with van der Waals surface area (Å²) >= 11 is 0. The molecule has 0 spiro atoms. The van der Waals surface area contributed by atoms with E-state index in [2.05, 4.69) is 27.8 Å². The quantitative estimate of drug-likeness (QED) is 0.742. The van der Waals surface area contributed by atoms with Crippen LogP contribution in [0.5, 0.6) is 5.75 Å². The number of aryl methyl sites for hydroxylation is 3. The van der Waals surface area contributed by atoms with E-state index in [0.29, 0.717) is 0 Å². The molecule has 0 saturated heterocycles. The van der Waals surface area contributed by atoms with Crippen LogP contribution in [0.3, 0.4) is 0 Å². The number of rotatable bonds is 6. The fourth-order valence-electron chi connectivity index (χ4n) is 2.64. The molecule has 0 aliphatic heterocycles. The van der Waals surface area contributed by atoms with Crippen LogP contribution in [-0.4, -0.2) is 16.2 Å². The largest absolute Gasteiger partial charge is 0.494 e. The summed E-state index contributed by atoms with van der Waals surface area (Å²) < 4.78 is 7.93. The number of hydrogen-bond donors (Lipinski definition) is 0. The third-order valence-electron chi connectivity index (χ3n) is 3.71. The summed E-state index contributed by atoms with van der Waals surface area (Å²) in [4.78, 5) is 4.03. The second kappa shape index (κ2) is 5.91. The third kappa shape index (κ3) is 3.16. The van der Waals surface area contributed by atoms with E-state index in [4.69, 9.17) is 4.74 Å². The lowest BCUT2D eigenvalue weighted by Crippen LogP contribution is -2.01. The van der Waals surface area contributed by atoms with Crippen LogP contribution in [0.4, 0.5) is 0 Å². The number of aromatic nitrogens is 2. The Morgan fingerprint density at radius 3 is 3.00 bits per heavy atom. The lowest BCUT2D eigenvalue weighted by Gasteiger charge is -2.08. The van der Waals surface area contributed by atoms with Crippen LogP contribution in [-0.2, 0) is 19.4 Å². The van der Waals surface area contributed by atoms with E-state index in [9.17, 15) is 0 Å². The minimum atomic E-state index is 0.799. The Morgan fingerprint density at radius 1 is 1.16 bits per heavy atom. The molecular formula is C16H20N2O. The van der Waals surface area contributed by atoms with Gasteiger partial charge in [-0.2, -0.15) is 0 Å². The van der Waals surface area contributed by atoms with Gasteiger partial charge in [0.25, 0.3) is 0 Å². The highest BCUT2D eigenvalue weighted by atomic mass is 16.5. The van der Waals surface area contributed by atoms with E-state index >= 15 is 0 Å². The minimum absolute atomic E-state index is 0.799. The summed E-state index contributed by atoms with van der Waals surface area (Å²) in [5.74, 6) is 1.03. The number of nitrogens with zero attached hydrogens (tertiary/aromatic N) is 2. The van der Waals surface area contributed by atoms with Gasteiger partial charge < -0.3 is 9.30 Å². The Labute approximate surface area is 114 Å². The molecular weight excluding hydrogens is 236 g/mol. The fourth-order valence-corrected chi connectivity index (χ4v) is 2.64. The van der Waals surface area contributed by atoms with Gasteiger partial charge in [0.1, 0.15) is 5.75 Å². The first-order valence-electron chi connectivity index (χ1n) is 7.12. The van der Waals surface area contributed by atoms with Gasteiger partial charge in [0.05, 0.1) is 12.9 Å². The standard InChI is InChI=1S/C16H20N2O/c1(9-18-10-8-17-13-18)2-11-19-16-7-6-14-4-3-5-15(14)12-16/h6-8,10,12-13H,1-5,9,11H2. The molecule has 1 aromatic carbocycles. The molecule has 1 heterocycles. The first-order chi connectivity index (χ1) is 9.42. The van der Waals surface area contributed by atoms with Gasteiger partial charge in [-0.1, -0.05) is 6.07 Å². The van der Waals surface area contributed by atoms with E-state index < -0.39 is 0 Å². The summed E-state index contributed by atoms with van der Waals surface area (Å²) in [5, 5.41) is 0. The molecule has 0 unspecified atom stereocenters. The molecule has 0 atom stereocenters. The average molecular weight is 256 g/mol. The number of benzene rings is 1. The van der Waals surface area contributed by atoms with Gasteiger partial charge >= 0.3 is 0 Å². The van der Waals surface area contributed by atoms with E-state index in [1.165, 1.54) is 30.4 Å². The molecule has 0 bridgehead atoms. The van der Waals surface area contributed by atoms with Crippen LogP contribution >= 0.6 is 0 Å². The van der Waals surface area contributed by atoms with Crippen molar-refractivity contribution in [1.82, 2.24) is 9.55 Å². The lowest BCUT2D eigenvalue weighted by molar-refractivity contribution is 0.303. The van der Waals surface area contributed by atoms with Crippen LogP contribution in [0.1, 0.15) is 30.4 Å². The Morgan fingerprint density at radius 2 is 2.11 bits per heavy atom. The summed E-state index contributed by atoms with van der Waals surface area (Å²) in [6.45, 7) is 1.82. The molecule has 0 saturated carbocycles. The van der Waals surface area contributed by atoms with Crippen molar-refractivity contribution in [2.45, 2.75) is 38.6 Å². The zero-order valence-electron chi connectivity index (χ0n) is 11.2. The van der Waals surface area contributed by atoms with Crippen molar-refractivity contribution in [3.8, 4) is 5.75 Å². The van der Waals surface area contributed by atoms with Gasteiger partial charge in [-0.15, -0.1) is 0 Å². The van der Waals surface area contributed by atoms with Crippen molar-refractivity contribution in [1.29, 1.82) is 0 Å². The van der Waals surface area contributed by atoms with E-state index in [1.54, 1.807) is 0 Å². The smallest absolute Gasteiger partial charge is 0.119 e. The van der Waals surface area contributed by atoms with Gasteiger partial charge in [0, 0.05) is 18.9 Å². The number of hydrogen-bond acceptors (Lipinski definition) is 2. The molecule has 3 heteroatoms. The maximum Gasteiger partial charge on any atom is 0.119 e. The number of imidazole rings is 1. The monoisotopic (exact) mass is 256 g/mol. The molecule has 1 aliphatic carbocycles. The van der Waals surface area contributed by atoms with E-state index in [1.807, 2.05) is 18.7 Å². The Bertz CT molecular complexity index is 520. The highest BCUT2D eigenvalue weighted by Crippen LogP contribution is 2.26. The number of fused-ring (bicyclic) bond motifs is 1. The molecule has 1 aliphatic rings. The van der Waals surface area contributed by atoms with Gasteiger partial charge in [-0.05, 0) is 55.4 Å². The van der Waals surface area contributed by atoms with E-state index in [-0.39, 0.29) is 0 Å². The predicted molar refractivity (Wildman–Crippen MR) is 75.4 cm³/mol. The van der Waals surface area contributed by atoms with Gasteiger partial charge in [-0.3, -0.25) is 0 Å². The SMILES string of the molecule is c1cn(CCCCOc2ccc3c(c2)CCC3)cn1. The van der Waals surface area contributed by atoms with Crippen molar-refractivity contribution in [2.75, 3.05) is 6.61 Å². The van der Waals surface area contributed by atoms with Crippen molar-refractivity contribution in [2.24, 2.45) is 0 Å². The summed E-state index contributed by atoms with van der Waals surface area (Å²) in [7, 11) is 0. The topological polar surface area (TPSA) is 27.1 Å². The number of ether oxygens (including phenoxy) is 1. The molecule has 1 aromatic heterocycles. The molecule has 0 amide bonds. The summed E-state index contributed by atoms with van der Waals surface area (Å²) in [6.07, 6.45) is 11.6. The van der Waals surface area contributed by atoms with Crippen LogP contribution < -0.4 is 4.74 Å². The normalized spacial score (nSPS) is 13.5. The average Bonchev–Trinajstić information content (AvgIpc) is 3.08. The highest BCUT2D eigenvalue weighted by molar-refractivity contribution is 5.38. The van der Waals surface area contributed by atoms with Gasteiger partial charge in [0.2, 0.25) is 0 Å². The first kappa shape index (κ1) is 12.3. The fraction of sp³-hybridized carbons (Fsp3) is 0.438. The van der Waals surface area contributed by atoms with Gasteiger partial charge in [-0.25, -0.2) is 4.98 Å². The first-order valence-corrected chi connectivity index (χ1v) is 7.12. The lowest BCUT2D eigenvalue weighted by atomic mass is 10.1. The highest BCUT2D eigenvalue weighted by Gasteiger charge is 2.10. The van der Waals surface area contributed by atoms with E-state index in [0.717, 1.165) is 31.7 Å². The predicted octanol–water partition coefficient (Wildman–Crippen LogP) is 3.23. The van der Waals surface area contributed by atoms with Gasteiger partial charge in [0.15, 0.2) is 0 Å². The molecule has 0 radical (unpaired) electrons. The van der Waals surface area contributed by atoms with Crippen molar-refractivity contribution in [3.05, 3.63) is 48.0 Å². The second-order valence-electron chi connectivity index (χ2n) is 5.14. The second-order valence-corrected chi connectivity index (χ2v) is 5.14. The molecule has 3 rings (SSSR count). The van der Waals surface area contributed by atoms with Crippen molar-refractivity contribution < 1.29 is 4.74 Å². The molecule has 0 fully saturated rings. The van der Waals surface area contributed by atoms with Crippen LogP contribution in [0.25, 0.3) is 0 Å². The minimum Gasteiger partial charge on any atom is -0.494 e. The maximum atomic E-state index is 5.83. The Balaban J connectivity index is 1.40. The Hall–Kier alpha value is -1.77. The zero-order chi connectivity index (χ0) is 12.9. The molecule has 100 valence electrons. The molecule has 3 nitrogen and oxygen atoms in total. The van der Waals surface area contributed by atoms with Crippen molar-refractivity contribution in [3.63, 3.8) is 0 Å². The third-order valence-corrected chi connectivity index (χ3v) is 3.71. The Kier molecular flexibility index (Phi) is 3.82. The molecule has 0 N–H and O–H groups in total. The van der Waals surface area contributed by atoms with Crippen LogP contribution in [0.15, 0.2) is 36.9 Å².